The lowest BCUT2D eigenvalue weighted by molar-refractivity contribution is -0.130. The zero-order chi connectivity index (χ0) is 23.8. The number of amides is 3. The van der Waals surface area contributed by atoms with Crippen LogP contribution in [0.4, 0.5) is 11.4 Å². The molecule has 2 aromatic carbocycles. The summed E-state index contributed by atoms with van der Waals surface area (Å²) < 4.78 is 28.1. The molecular weight excluding hydrogens is 452 g/mol. The fourth-order valence-electron chi connectivity index (χ4n) is 3.63. The quantitative estimate of drug-likeness (QED) is 0.590. The molecule has 33 heavy (non-hydrogen) atoms. The molecule has 0 saturated carbocycles. The van der Waals surface area contributed by atoms with Gasteiger partial charge in [0.2, 0.25) is 21.8 Å². The van der Waals surface area contributed by atoms with Crippen LogP contribution in [0.25, 0.3) is 0 Å². The van der Waals surface area contributed by atoms with E-state index < -0.39 is 28.5 Å². The summed E-state index contributed by atoms with van der Waals surface area (Å²) >= 11 is 0. The molecule has 0 atom stereocenters. The highest BCUT2D eigenvalue weighted by Crippen LogP contribution is 2.30. The van der Waals surface area contributed by atoms with Gasteiger partial charge in [-0.05, 0) is 54.4 Å². The van der Waals surface area contributed by atoms with Crippen molar-refractivity contribution in [2.24, 2.45) is 5.14 Å². The van der Waals surface area contributed by atoms with Gasteiger partial charge in [0.25, 0.3) is 5.91 Å². The third kappa shape index (κ3) is 4.71. The maximum Gasteiger partial charge on any atom is 0.338 e. The summed E-state index contributed by atoms with van der Waals surface area (Å²) in [6.45, 7) is -0.179. The van der Waals surface area contributed by atoms with E-state index in [1.165, 1.54) is 47.4 Å². The second-order valence-electron chi connectivity index (χ2n) is 7.52. The highest BCUT2D eigenvalue weighted by Gasteiger charge is 2.27. The highest BCUT2D eigenvalue weighted by molar-refractivity contribution is 7.89. The van der Waals surface area contributed by atoms with Crippen LogP contribution in [0.5, 0.6) is 0 Å². The van der Waals surface area contributed by atoms with Crippen molar-refractivity contribution in [2.75, 3.05) is 23.1 Å². The third-order valence-electron chi connectivity index (χ3n) is 5.32. The average molecular weight is 472 g/mol. The molecule has 0 aromatic heterocycles. The molecular formula is C21H20N4O7S. The van der Waals surface area contributed by atoms with Crippen LogP contribution in [0, 0.1) is 0 Å². The number of esters is 1. The molecule has 11 nitrogen and oxygen atoms in total. The minimum atomic E-state index is -3.85. The number of carbonyl (C=O) groups is 4. The Morgan fingerprint density at radius 3 is 2.45 bits per heavy atom. The first-order valence-electron chi connectivity index (χ1n) is 9.99. The van der Waals surface area contributed by atoms with E-state index in [9.17, 15) is 27.6 Å². The number of hydrazine groups is 1. The van der Waals surface area contributed by atoms with E-state index >= 15 is 0 Å². The van der Waals surface area contributed by atoms with Crippen molar-refractivity contribution < 1.29 is 32.3 Å². The molecule has 2 heterocycles. The molecule has 1 saturated heterocycles. The Kier molecular flexibility index (Phi) is 5.87. The molecule has 2 aliphatic heterocycles. The van der Waals surface area contributed by atoms with Crippen molar-refractivity contribution >= 4 is 45.1 Å². The van der Waals surface area contributed by atoms with Gasteiger partial charge in [-0.15, -0.1) is 0 Å². The molecule has 4 rings (SSSR count). The van der Waals surface area contributed by atoms with Gasteiger partial charge in [0.05, 0.1) is 16.1 Å². The van der Waals surface area contributed by atoms with E-state index in [2.05, 4.69) is 5.43 Å². The van der Waals surface area contributed by atoms with Crippen LogP contribution < -0.4 is 20.5 Å². The minimum absolute atomic E-state index is 0.0313. The van der Waals surface area contributed by atoms with Crippen molar-refractivity contribution in [1.29, 1.82) is 0 Å². The molecule has 0 radical (unpaired) electrons. The lowest BCUT2D eigenvalue weighted by atomic mass is 10.2. The topological polar surface area (TPSA) is 156 Å². The predicted octanol–water partition coefficient (Wildman–Crippen LogP) is 0.238. The van der Waals surface area contributed by atoms with Crippen LogP contribution in [0.15, 0.2) is 47.4 Å². The smallest absolute Gasteiger partial charge is 0.338 e. The normalized spacial score (nSPS) is 15.8. The first-order valence-corrected chi connectivity index (χ1v) is 11.5. The van der Waals surface area contributed by atoms with E-state index in [-0.39, 0.29) is 35.1 Å². The van der Waals surface area contributed by atoms with Crippen molar-refractivity contribution in [3.8, 4) is 0 Å². The minimum Gasteiger partial charge on any atom is -0.452 e. The molecule has 172 valence electrons. The number of hydrogen-bond donors (Lipinski definition) is 2. The predicted molar refractivity (Wildman–Crippen MR) is 115 cm³/mol. The molecule has 3 amide bonds. The summed E-state index contributed by atoms with van der Waals surface area (Å²) in [6, 6.07) is 10.1. The second-order valence-corrected chi connectivity index (χ2v) is 9.08. The second kappa shape index (κ2) is 8.64. The summed E-state index contributed by atoms with van der Waals surface area (Å²) in [4.78, 5) is 49.8. The summed E-state index contributed by atoms with van der Waals surface area (Å²) in [5.41, 5.74) is 4.23. The first kappa shape index (κ1) is 22.4. The number of sulfonamides is 1. The maximum atomic E-state index is 12.6. The molecule has 0 spiro atoms. The van der Waals surface area contributed by atoms with Gasteiger partial charge < -0.3 is 9.64 Å². The number of nitrogens with one attached hydrogen (secondary N) is 1. The Morgan fingerprint density at radius 1 is 1.03 bits per heavy atom. The Balaban J connectivity index is 1.37. The molecule has 0 aliphatic carbocycles. The van der Waals surface area contributed by atoms with E-state index in [0.717, 1.165) is 5.01 Å². The van der Waals surface area contributed by atoms with E-state index in [1.54, 1.807) is 0 Å². The standard InChI is InChI=1S/C21H20N4O7S/c22-33(30,31)16-5-6-17-14(11-16)9-10-24(17)20(28)12-32-21(29)13-1-3-15(4-2-13)25-19(27)8-7-18(26)23-25/h1-6,11H,7-10,12H2,(H,23,26)(H2,22,30,31). The fraction of sp³-hybridized carbons (Fsp3) is 0.238. The molecule has 1 fully saturated rings. The van der Waals surface area contributed by atoms with Gasteiger partial charge in [0, 0.05) is 25.1 Å². The van der Waals surface area contributed by atoms with Gasteiger partial charge in [-0.25, -0.2) is 23.4 Å². The zero-order valence-corrected chi connectivity index (χ0v) is 18.1. The Hall–Kier alpha value is -3.77. The summed E-state index contributed by atoms with van der Waals surface area (Å²) in [6.07, 6.45) is 0.675. The maximum absolute atomic E-state index is 12.6. The van der Waals surface area contributed by atoms with Crippen LogP contribution in [0.2, 0.25) is 0 Å². The Morgan fingerprint density at radius 2 is 1.76 bits per heavy atom. The number of rotatable bonds is 5. The molecule has 2 aromatic rings. The largest absolute Gasteiger partial charge is 0.452 e. The van der Waals surface area contributed by atoms with Crippen LogP contribution in [-0.2, 0) is 35.6 Å². The third-order valence-corrected chi connectivity index (χ3v) is 6.23. The van der Waals surface area contributed by atoms with Crippen molar-refractivity contribution in [3.05, 3.63) is 53.6 Å². The number of fused-ring (bicyclic) bond motifs is 1. The monoisotopic (exact) mass is 472 g/mol. The number of nitrogens with two attached hydrogens (primary N) is 1. The number of primary sulfonamides is 1. The Labute approximate surface area is 189 Å². The van der Waals surface area contributed by atoms with E-state index in [1.807, 2.05) is 0 Å². The summed E-state index contributed by atoms with van der Waals surface area (Å²) in [5, 5.41) is 6.26. The van der Waals surface area contributed by atoms with Gasteiger partial charge in [-0.1, -0.05) is 0 Å². The van der Waals surface area contributed by atoms with Gasteiger partial charge >= 0.3 is 5.97 Å². The number of ether oxygens (including phenoxy) is 1. The molecule has 3 N–H and O–H groups in total. The number of anilines is 2. The molecule has 2 aliphatic rings. The first-order chi connectivity index (χ1) is 15.6. The van der Waals surface area contributed by atoms with Crippen molar-refractivity contribution in [1.82, 2.24) is 5.43 Å². The average Bonchev–Trinajstić information content (AvgIpc) is 3.22. The van der Waals surface area contributed by atoms with Crippen LogP contribution in [0.1, 0.15) is 28.8 Å². The number of carbonyl (C=O) groups excluding carboxylic acids is 4. The highest BCUT2D eigenvalue weighted by atomic mass is 32.2. The number of nitrogens with zero attached hydrogens (tertiary/aromatic N) is 2. The number of hydrogen-bond acceptors (Lipinski definition) is 7. The van der Waals surface area contributed by atoms with Gasteiger partial charge in [-0.3, -0.25) is 19.8 Å². The van der Waals surface area contributed by atoms with E-state index in [4.69, 9.17) is 9.88 Å². The van der Waals surface area contributed by atoms with E-state index in [0.29, 0.717) is 29.9 Å². The zero-order valence-electron chi connectivity index (χ0n) is 17.3. The van der Waals surface area contributed by atoms with Gasteiger partial charge in [0.1, 0.15) is 0 Å². The van der Waals surface area contributed by atoms with Gasteiger partial charge in [-0.2, -0.15) is 0 Å². The molecule has 12 heteroatoms. The van der Waals surface area contributed by atoms with Gasteiger partial charge in [0.15, 0.2) is 6.61 Å². The number of benzene rings is 2. The van der Waals surface area contributed by atoms with Crippen molar-refractivity contribution in [2.45, 2.75) is 24.2 Å². The fourth-order valence-corrected chi connectivity index (χ4v) is 4.20. The SMILES string of the molecule is NS(=O)(=O)c1ccc2c(c1)CCN2C(=O)COC(=O)c1ccc(N2NC(=O)CCC2=O)cc1. The van der Waals surface area contributed by atoms with Crippen molar-refractivity contribution in [3.63, 3.8) is 0 Å². The lowest BCUT2D eigenvalue weighted by Crippen LogP contribution is -2.50. The van der Waals surface area contributed by atoms with Crippen LogP contribution >= 0.6 is 0 Å². The summed E-state index contributed by atoms with van der Waals surface area (Å²) in [7, 11) is -3.85. The summed E-state index contributed by atoms with van der Waals surface area (Å²) in [5.74, 6) is -1.73. The lowest BCUT2D eigenvalue weighted by Gasteiger charge is -2.27. The molecule has 0 unspecified atom stereocenters. The molecule has 0 bridgehead atoms. The van der Waals surface area contributed by atoms with Crippen LogP contribution in [0.3, 0.4) is 0 Å². The Bertz CT molecular complexity index is 1260. The van der Waals surface area contributed by atoms with Crippen LogP contribution in [-0.4, -0.2) is 45.3 Å².